The van der Waals surface area contributed by atoms with E-state index in [-0.39, 0.29) is 11.8 Å². The van der Waals surface area contributed by atoms with Crippen molar-refractivity contribution in [2.45, 2.75) is 32.1 Å². The van der Waals surface area contributed by atoms with Gasteiger partial charge >= 0.3 is 0 Å². The number of amides is 1. The Morgan fingerprint density at radius 3 is 2.90 bits per heavy atom. The Hall–Kier alpha value is -1.42. The average molecular weight is 300 g/mol. The number of carbonyl (C=O) groups excluding carboxylic acids is 1. The number of hydrogen-bond donors (Lipinski definition) is 1. The molecule has 2 aromatic rings. The lowest BCUT2D eigenvalue weighted by molar-refractivity contribution is -0.123. The fourth-order valence-corrected chi connectivity index (χ4v) is 4.79. The third-order valence-electron chi connectivity index (χ3n) is 5.02. The average Bonchev–Trinajstić information content (AvgIpc) is 2.89. The van der Waals surface area contributed by atoms with E-state index < -0.39 is 0 Å². The second-order valence-corrected chi connectivity index (χ2v) is 7.51. The highest BCUT2D eigenvalue weighted by Gasteiger charge is 2.56. The molecular formula is C17H20N2OS. The number of thiazole rings is 1. The Morgan fingerprint density at radius 2 is 2.14 bits per heavy atom. The summed E-state index contributed by atoms with van der Waals surface area (Å²) in [6.45, 7) is 2.85. The van der Waals surface area contributed by atoms with Crippen LogP contribution >= 0.6 is 11.3 Å². The van der Waals surface area contributed by atoms with Crippen molar-refractivity contribution in [1.82, 2.24) is 10.3 Å². The summed E-state index contributed by atoms with van der Waals surface area (Å²) in [6, 6.07) is 8.21. The van der Waals surface area contributed by atoms with Gasteiger partial charge in [-0.15, -0.1) is 11.3 Å². The first kappa shape index (κ1) is 13.3. The highest BCUT2D eigenvalue weighted by molar-refractivity contribution is 7.18. The third-order valence-corrected chi connectivity index (χ3v) is 6.29. The molecule has 110 valence electrons. The van der Waals surface area contributed by atoms with Crippen LogP contribution in [-0.4, -0.2) is 17.4 Å². The molecule has 1 amide bonds. The summed E-state index contributed by atoms with van der Waals surface area (Å²) in [5.41, 5.74) is 1.06. The maximum absolute atomic E-state index is 12.2. The highest BCUT2D eigenvalue weighted by Crippen LogP contribution is 2.57. The number of aromatic nitrogens is 1. The van der Waals surface area contributed by atoms with Crippen molar-refractivity contribution in [3.8, 4) is 0 Å². The van der Waals surface area contributed by atoms with Crippen LogP contribution in [0.5, 0.6) is 0 Å². The Balaban J connectivity index is 1.37. The Kier molecular flexibility index (Phi) is 3.21. The summed E-state index contributed by atoms with van der Waals surface area (Å²) >= 11 is 1.74. The van der Waals surface area contributed by atoms with Crippen molar-refractivity contribution >= 4 is 27.5 Å². The number of benzene rings is 1. The molecule has 2 fully saturated rings. The minimum atomic E-state index is 0.276. The van der Waals surface area contributed by atoms with Gasteiger partial charge in [-0.1, -0.05) is 25.5 Å². The number of hydrogen-bond acceptors (Lipinski definition) is 3. The van der Waals surface area contributed by atoms with Crippen LogP contribution in [0.1, 0.15) is 37.1 Å². The van der Waals surface area contributed by atoms with Crippen LogP contribution in [-0.2, 0) is 4.79 Å². The van der Waals surface area contributed by atoms with Gasteiger partial charge in [-0.05, 0) is 36.8 Å². The predicted molar refractivity (Wildman–Crippen MR) is 85.4 cm³/mol. The molecule has 2 aliphatic rings. The summed E-state index contributed by atoms with van der Waals surface area (Å²) < 4.78 is 1.22. The van der Waals surface area contributed by atoms with E-state index in [2.05, 4.69) is 23.3 Å². The first-order valence-electron chi connectivity index (χ1n) is 7.87. The zero-order chi connectivity index (χ0) is 14.4. The van der Waals surface area contributed by atoms with Crippen molar-refractivity contribution in [3.63, 3.8) is 0 Å². The van der Waals surface area contributed by atoms with E-state index in [0.29, 0.717) is 24.3 Å². The van der Waals surface area contributed by atoms with Gasteiger partial charge in [-0.2, -0.15) is 0 Å². The van der Waals surface area contributed by atoms with Gasteiger partial charge in [0, 0.05) is 18.4 Å². The maximum Gasteiger partial charge on any atom is 0.223 e. The molecule has 4 heteroatoms. The van der Waals surface area contributed by atoms with Crippen LogP contribution in [0.3, 0.4) is 0 Å². The van der Waals surface area contributed by atoms with Gasteiger partial charge in [-0.25, -0.2) is 4.98 Å². The molecule has 3 nitrogen and oxygen atoms in total. The lowest BCUT2D eigenvalue weighted by atomic mass is 10.1. The molecule has 1 unspecified atom stereocenters. The summed E-state index contributed by atoms with van der Waals surface area (Å²) in [5, 5.41) is 4.26. The largest absolute Gasteiger partial charge is 0.355 e. The first-order chi connectivity index (χ1) is 10.2. The van der Waals surface area contributed by atoms with E-state index in [1.807, 2.05) is 18.2 Å². The minimum Gasteiger partial charge on any atom is -0.355 e. The molecule has 0 radical (unpaired) electrons. The van der Waals surface area contributed by atoms with Crippen LogP contribution in [0.15, 0.2) is 24.3 Å². The first-order valence-corrected chi connectivity index (χ1v) is 8.69. The Labute approximate surface area is 128 Å². The van der Waals surface area contributed by atoms with Gasteiger partial charge in [-0.3, -0.25) is 4.79 Å². The molecule has 1 aromatic carbocycles. The van der Waals surface area contributed by atoms with E-state index in [1.165, 1.54) is 24.0 Å². The number of carbonyl (C=O) groups is 1. The molecule has 0 aliphatic heterocycles. The zero-order valence-electron chi connectivity index (χ0n) is 12.2. The number of para-hydroxylation sites is 1. The number of nitrogens with zero attached hydrogens (tertiary/aromatic N) is 1. The highest BCUT2D eigenvalue weighted by atomic mass is 32.1. The summed E-state index contributed by atoms with van der Waals surface area (Å²) in [5.74, 6) is 2.27. The van der Waals surface area contributed by atoms with Gasteiger partial charge in [0.1, 0.15) is 0 Å². The van der Waals surface area contributed by atoms with Crippen molar-refractivity contribution in [1.29, 1.82) is 0 Å². The van der Waals surface area contributed by atoms with Crippen LogP contribution in [0.25, 0.3) is 10.2 Å². The number of rotatable bonds is 4. The smallest absolute Gasteiger partial charge is 0.223 e. The molecule has 0 saturated heterocycles. The van der Waals surface area contributed by atoms with E-state index in [1.54, 1.807) is 11.3 Å². The second kappa shape index (κ2) is 5.09. The summed E-state index contributed by atoms with van der Waals surface area (Å²) in [4.78, 5) is 16.9. The van der Waals surface area contributed by atoms with E-state index in [0.717, 1.165) is 10.5 Å². The molecule has 1 heterocycles. The van der Waals surface area contributed by atoms with E-state index >= 15 is 0 Å². The molecule has 2 aliphatic carbocycles. The third kappa shape index (κ3) is 2.35. The van der Waals surface area contributed by atoms with Crippen LogP contribution in [0, 0.1) is 17.8 Å². The number of nitrogens with one attached hydrogen (secondary N) is 1. The normalized spacial score (nSPS) is 28.3. The van der Waals surface area contributed by atoms with E-state index in [9.17, 15) is 4.79 Å². The van der Waals surface area contributed by atoms with E-state index in [4.69, 9.17) is 0 Å². The molecule has 2 saturated carbocycles. The quantitative estimate of drug-likeness (QED) is 0.938. The van der Waals surface area contributed by atoms with Gasteiger partial charge in [0.15, 0.2) is 0 Å². The molecule has 21 heavy (non-hydrogen) atoms. The second-order valence-electron chi connectivity index (χ2n) is 6.45. The van der Waals surface area contributed by atoms with Crippen LogP contribution in [0.2, 0.25) is 0 Å². The topological polar surface area (TPSA) is 42.0 Å². The summed E-state index contributed by atoms with van der Waals surface area (Å²) in [6.07, 6.45) is 3.84. The molecule has 1 aromatic heterocycles. The SMILES string of the molecule is C[C@H](CNC(=O)C1[C@H]2CCC[C@@H]12)c1nc2ccccc2s1. The molecule has 1 N–H and O–H groups in total. The number of fused-ring (bicyclic) bond motifs is 2. The van der Waals surface area contributed by atoms with Crippen LogP contribution < -0.4 is 5.32 Å². The van der Waals surface area contributed by atoms with Gasteiger partial charge in [0.2, 0.25) is 5.91 Å². The lowest BCUT2D eigenvalue weighted by Crippen LogP contribution is -2.30. The van der Waals surface area contributed by atoms with Crippen molar-refractivity contribution in [2.75, 3.05) is 6.54 Å². The monoisotopic (exact) mass is 300 g/mol. The van der Waals surface area contributed by atoms with Gasteiger partial charge in [0.25, 0.3) is 0 Å². The lowest BCUT2D eigenvalue weighted by Gasteiger charge is -2.10. The molecule has 0 spiro atoms. The fraction of sp³-hybridized carbons (Fsp3) is 0.529. The summed E-state index contributed by atoms with van der Waals surface area (Å²) in [7, 11) is 0. The molecule has 4 atom stereocenters. The molecular weight excluding hydrogens is 280 g/mol. The van der Waals surface area contributed by atoms with Gasteiger partial charge in [0.05, 0.1) is 15.2 Å². The van der Waals surface area contributed by atoms with Crippen molar-refractivity contribution < 1.29 is 4.79 Å². The van der Waals surface area contributed by atoms with Crippen molar-refractivity contribution in [3.05, 3.63) is 29.3 Å². The standard InChI is InChI=1S/C17H20N2OS/c1-10(17-19-13-7-2-3-8-14(13)21-17)9-18-16(20)15-11-5-4-6-12(11)15/h2-3,7-8,10-12,15H,4-6,9H2,1H3,(H,18,20)/t10-,11-,12+,15?/m1/s1. The van der Waals surface area contributed by atoms with Crippen LogP contribution in [0.4, 0.5) is 0 Å². The maximum atomic E-state index is 12.2. The Bertz CT molecular complexity index is 637. The van der Waals surface area contributed by atoms with Crippen molar-refractivity contribution in [2.24, 2.45) is 17.8 Å². The molecule has 4 rings (SSSR count). The molecule has 0 bridgehead atoms. The Morgan fingerprint density at radius 1 is 1.38 bits per heavy atom. The fourth-order valence-electron chi connectivity index (χ4n) is 3.77. The predicted octanol–water partition coefficient (Wildman–Crippen LogP) is 3.56. The van der Waals surface area contributed by atoms with Gasteiger partial charge < -0.3 is 5.32 Å². The zero-order valence-corrected chi connectivity index (χ0v) is 13.0. The minimum absolute atomic E-state index is 0.276.